The molecule has 33 heavy (non-hydrogen) atoms. The lowest BCUT2D eigenvalue weighted by Gasteiger charge is -2.22. The van der Waals surface area contributed by atoms with Crippen molar-refractivity contribution in [3.63, 3.8) is 0 Å². The first kappa shape index (κ1) is 23.8. The minimum atomic E-state index is -0.466. The number of nitrogens with one attached hydrogen (secondary N) is 1. The van der Waals surface area contributed by atoms with Crippen molar-refractivity contribution >= 4 is 40.5 Å². The van der Waals surface area contributed by atoms with Crippen molar-refractivity contribution in [2.75, 3.05) is 13.1 Å². The second-order valence-electron chi connectivity index (χ2n) is 7.70. The highest BCUT2D eigenvalue weighted by molar-refractivity contribution is 6.38. The molecule has 0 amide bonds. The van der Waals surface area contributed by atoms with E-state index in [1.165, 1.54) is 22.8 Å². The van der Waals surface area contributed by atoms with E-state index < -0.39 is 5.82 Å². The Morgan fingerprint density at radius 2 is 1.70 bits per heavy atom. The van der Waals surface area contributed by atoms with Crippen LogP contribution in [0.1, 0.15) is 29.7 Å². The Kier molecular flexibility index (Phi) is 7.39. The molecule has 1 aromatic heterocycles. The fraction of sp³-hybridized carbons (Fsp3) is 0.250. The number of piperidine rings is 1. The molecule has 0 bridgehead atoms. The van der Waals surface area contributed by atoms with Crippen molar-refractivity contribution in [3.8, 4) is 5.69 Å². The van der Waals surface area contributed by atoms with Gasteiger partial charge in [-0.1, -0.05) is 46.0 Å². The zero-order valence-electron chi connectivity index (χ0n) is 17.7. The van der Waals surface area contributed by atoms with E-state index in [0.29, 0.717) is 38.3 Å². The standard InChI is InChI=1S/C24H21Cl3FN3O2/c1-14-17(7-8-22(32)31(14)24-19(25)3-2-4-20(24)26)23(18-6-5-15(28)13-21(18)27)30-33-16-9-11-29-12-10-16/h2-8,13,16,29H,9-12H2,1H3. The van der Waals surface area contributed by atoms with Crippen LogP contribution in [0.3, 0.4) is 0 Å². The molecule has 0 spiro atoms. The maximum atomic E-state index is 13.8. The van der Waals surface area contributed by atoms with E-state index in [9.17, 15) is 9.18 Å². The summed E-state index contributed by atoms with van der Waals surface area (Å²) in [6, 6.07) is 12.1. The molecule has 1 fully saturated rings. The molecule has 2 heterocycles. The first-order chi connectivity index (χ1) is 15.9. The molecule has 4 rings (SSSR count). The van der Waals surface area contributed by atoms with Crippen LogP contribution in [-0.4, -0.2) is 29.5 Å². The number of aromatic nitrogens is 1. The van der Waals surface area contributed by atoms with Gasteiger partial charge in [0.25, 0.3) is 5.56 Å². The predicted octanol–water partition coefficient (Wildman–Crippen LogP) is 5.77. The van der Waals surface area contributed by atoms with Gasteiger partial charge < -0.3 is 10.2 Å². The normalized spacial score (nSPS) is 15.0. The molecule has 1 aliphatic rings. The van der Waals surface area contributed by atoms with E-state index in [4.69, 9.17) is 39.6 Å². The summed E-state index contributed by atoms with van der Waals surface area (Å²) in [5.41, 5.74) is 2.03. The summed E-state index contributed by atoms with van der Waals surface area (Å²) in [4.78, 5) is 18.7. The molecule has 3 aromatic rings. The predicted molar refractivity (Wildman–Crippen MR) is 131 cm³/mol. The Labute approximate surface area is 205 Å². The van der Waals surface area contributed by atoms with Gasteiger partial charge in [-0.25, -0.2) is 4.39 Å². The Hall–Kier alpha value is -2.38. The van der Waals surface area contributed by atoms with Crippen LogP contribution in [0.4, 0.5) is 4.39 Å². The second-order valence-corrected chi connectivity index (χ2v) is 8.92. The van der Waals surface area contributed by atoms with E-state index >= 15 is 0 Å². The Bertz CT molecular complexity index is 1250. The minimum Gasteiger partial charge on any atom is -0.392 e. The molecule has 0 unspecified atom stereocenters. The number of benzene rings is 2. The molecule has 0 aliphatic carbocycles. The molecule has 1 aliphatic heterocycles. The molecular weight excluding hydrogens is 488 g/mol. The number of nitrogens with zero attached hydrogens (tertiary/aromatic N) is 2. The molecule has 2 aromatic carbocycles. The van der Waals surface area contributed by atoms with Gasteiger partial charge in [-0.3, -0.25) is 9.36 Å². The summed E-state index contributed by atoms with van der Waals surface area (Å²) in [5, 5.41) is 8.56. The van der Waals surface area contributed by atoms with Gasteiger partial charge in [-0.15, -0.1) is 0 Å². The van der Waals surface area contributed by atoms with Crippen molar-refractivity contribution in [1.82, 2.24) is 9.88 Å². The summed E-state index contributed by atoms with van der Waals surface area (Å²) in [6.45, 7) is 3.43. The zero-order valence-corrected chi connectivity index (χ0v) is 20.0. The van der Waals surface area contributed by atoms with Gasteiger partial charge in [0, 0.05) is 22.9 Å². The van der Waals surface area contributed by atoms with Crippen molar-refractivity contribution in [1.29, 1.82) is 0 Å². The average Bonchev–Trinajstić information content (AvgIpc) is 2.78. The number of rotatable bonds is 5. The van der Waals surface area contributed by atoms with E-state index in [-0.39, 0.29) is 16.7 Å². The number of pyridine rings is 1. The van der Waals surface area contributed by atoms with Gasteiger partial charge in [0.15, 0.2) is 0 Å². The Morgan fingerprint density at radius 1 is 1.03 bits per heavy atom. The quantitative estimate of drug-likeness (QED) is 0.352. The molecule has 0 atom stereocenters. The van der Waals surface area contributed by atoms with Gasteiger partial charge in [0.1, 0.15) is 17.6 Å². The largest absolute Gasteiger partial charge is 0.392 e. The van der Waals surface area contributed by atoms with Crippen molar-refractivity contribution in [3.05, 3.63) is 96.6 Å². The molecule has 1 saturated heterocycles. The summed E-state index contributed by atoms with van der Waals surface area (Å²) in [6.07, 6.45) is 1.55. The van der Waals surface area contributed by atoms with Crippen molar-refractivity contribution in [2.24, 2.45) is 5.16 Å². The van der Waals surface area contributed by atoms with Crippen LogP contribution in [0, 0.1) is 12.7 Å². The summed E-state index contributed by atoms with van der Waals surface area (Å²) in [5.74, 6) is -0.466. The van der Waals surface area contributed by atoms with Gasteiger partial charge in [0.05, 0.1) is 20.8 Å². The lowest BCUT2D eigenvalue weighted by atomic mass is 10.0. The third-order valence-corrected chi connectivity index (χ3v) is 6.44. The van der Waals surface area contributed by atoms with Crippen LogP contribution in [-0.2, 0) is 4.84 Å². The van der Waals surface area contributed by atoms with Crippen molar-refractivity contribution < 1.29 is 9.23 Å². The number of halogens is 4. The van der Waals surface area contributed by atoms with Gasteiger partial charge >= 0.3 is 0 Å². The zero-order chi connectivity index (χ0) is 23.5. The summed E-state index contributed by atoms with van der Waals surface area (Å²) < 4.78 is 15.2. The molecule has 172 valence electrons. The topological polar surface area (TPSA) is 55.6 Å². The first-order valence-electron chi connectivity index (χ1n) is 10.4. The van der Waals surface area contributed by atoms with E-state index in [1.807, 2.05) is 0 Å². The lowest BCUT2D eigenvalue weighted by molar-refractivity contribution is 0.0379. The maximum absolute atomic E-state index is 13.8. The average molecular weight is 509 g/mol. The third-order valence-electron chi connectivity index (χ3n) is 5.52. The minimum absolute atomic E-state index is 0.0651. The monoisotopic (exact) mass is 507 g/mol. The number of hydrogen-bond acceptors (Lipinski definition) is 4. The van der Waals surface area contributed by atoms with Crippen molar-refractivity contribution in [2.45, 2.75) is 25.9 Å². The fourth-order valence-electron chi connectivity index (χ4n) is 3.82. The highest BCUT2D eigenvalue weighted by Gasteiger charge is 2.21. The number of para-hydroxylation sites is 1. The Balaban J connectivity index is 1.89. The fourth-order valence-corrected chi connectivity index (χ4v) is 4.64. The second kappa shape index (κ2) is 10.3. The molecular formula is C24H21Cl3FN3O2. The number of hydrogen-bond donors (Lipinski definition) is 1. The highest BCUT2D eigenvalue weighted by atomic mass is 35.5. The SMILES string of the molecule is Cc1c(C(=NOC2CCNCC2)c2ccc(F)cc2Cl)ccc(=O)n1-c1c(Cl)cccc1Cl. The summed E-state index contributed by atoms with van der Waals surface area (Å²) in [7, 11) is 0. The highest BCUT2D eigenvalue weighted by Crippen LogP contribution is 2.30. The first-order valence-corrected chi connectivity index (χ1v) is 11.6. The molecule has 0 radical (unpaired) electrons. The third kappa shape index (κ3) is 5.09. The van der Waals surface area contributed by atoms with Crippen LogP contribution < -0.4 is 10.9 Å². The maximum Gasteiger partial charge on any atom is 0.255 e. The number of oxime groups is 1. The Morgan fingerprint density at radius 3 is 2.36 bits per heavy atom. The lowest BCUT2D eigenvalue weighted by Crippen LogP contribution is -2.32. The van der Waals surface area contributed by atoms with Crippen LogP contribution in [0.5, 0.6) is 0 Å². The van der Waals surface area contributed by atoms with Crippen LogP contribution in [0.15, 0.2) is 58.5 Å². The molecule has 9 heteroatoms. The van der Waals surface area contributed by atoms with E-state index in [1.54, 1.807) is 37.3 Å². The summed E-state index contributed by atoms with van der Waals surface area (Å²) >= 11 is 19.2. The van der Waals surface area contributed by atoms with E-state index in [0.717, 1.165) is 25.9 Å². The van der Waals surface area contributed by atoms with Crippen LogP contribution >= 0.6 is 34.8 Å². The molecule has 1 N–H and O–H groups in total. The van der Waals surface area contributed by atoms with Crippen LogP contribution in [0.25, 0.3) is 5.69 Å². The molecule has 5 nitrogen and oxygen atoms in total. The van der Waals surface area contributed by atoms with Gasteiger partial charge in [-0.2, -0.15) is 0 Å². The smallest absolute Gasteiger partial charge is 0.255 e. The van der Waals surface area contributed by atoms with E-state index in [2.05, 4.69) is 10.5 Å². The van der Waals surface area contributed by atoms with Crippen LogP contribution in [0.2, 0.25) is 15.1 Å². The van der Waals surface area contributed by atoms with Gasteiger partial charge in [-0.05, 0) is 69.3 Å². The van der Waals surface area contributed by atoms with Gasteiger partial charge in [0.2, 0.25) is 0 Å². The molecule has 0 saturated carbocycles.